The van der Waals surface area contributed by atoms with Crippen LogP contribution in [0.3, 0.4) is 0 Å². The average molecular weight is 662 g/mol. The van der Waals surface area contributed by atoms with Crippen LogP contribution < -0.4 is 16.0 Å². The molecule has 10 atom stereocenters. The van der Waals surface area contributed by atoms with Crippen LogP contribution in [0.5, 0.6) is 0 Å². The minimum absolute atomic E-state index is 0.330. The van der Waals surface area contributed by atoms with Gasteiger partial charge in [0.25, 0.3) is 0 Å². The summed E-state index contributed by atoms with van der Waals surface area (Å²) in [4.78, 5) is 50.5. The summed E-state index contributed by atoms with van der Waals surface area (Å²) < 4.78 is 51.9. The Hall–Kier alpha value is -2.64. The summed E-state index contributed by atoms with van der Waals surface area (Å²) in [6, 6.07) is -2.01. The van der Waals surface area contributed by atoms with Crippen molar-refractivity contribution in [3.63, 3.8) is 0 Å². The lowest BCUT2D eigenvalue weighted by Gasteiger charge is -2.31. The molecule has 0 aliphatic carbocycles. The fourth-order valence-electron chi connectivity index (χ4n) is 6.05. The van der Waals surface area contributed by atoms with Gasteiger partial charge in [0.15, 0.2) is 24.2 Å². The van der Waals surface area contributed by atoms with Crippen molar-refractivity contribution in [2.75, 3.05) is 20.8 Å². The van der Waals surface area contributed by atoms with E-state index in [0.29, 0.717) is 0 Å². The molecule has 0 unspecified atom stereocenters. The van der Waals surface area contributed by atoms with Gasteiger partial charge in [0, 0.05) is 20.6 Å². The van der Waals surface area contributed by atoms with Crippen LogP contribution in [-0.4, -0.2) is 128 Å². The summed E-state index contributed by atoms with van der Waals surface area (Å²) in [5, 5.41) is 17.3. The number of carboxylic acid groups (broad SMARTS) is 1. The summed E-state index contributed by atoms with van der Waals surface area (Å²) in [6.07, 6.45) is -7.71. The predicted octanol–water partition coefficient (Wildman–Crippen LogP) is 0.128. The molecule has 0 radical (unpaired) electrons. The maximum atomic E-state index is 13.1. The van der Waals surface area contributed by atoms with Crippen LogP contribution in [0.4, 0.5) is 4.79 Å². The molecule has 17 heteroatoms. The predicted molar refractivity (Wildman–Crippen MR) is 154 cm³/mol. The molecule has 4 N–H and O–H groups in total. The molecular formula is C29H47N3O14. The van der Waals surface area contributed by atoms with E-state index in [4.69, 9.17) is 42.6 Å². The summed E-state index contributed by atoms with van der Waals surface area (Å²) in [7, 11) is 2.88. The second kappa shape index (κ2) is 13.8. The van der Waals surface area contributed by atoms with Crippen LogP contribution >= 0.6 is 0 Å². The zero-order valence-corrected chi connectivity index (χ0v) is 27.6. The second-order valence-electron chi connectivity index (χ2n) is 13.5. The Morgan fingerprint density at radius 2 is 1.24 bits per heavy atom. The first kappa shape index (κ1) is 36.2. The van der Waals surface area contributed by atoms with Gasteiger partial charge in [-0.05, 0) is 48.5 Å². The normalized spacial score (nSPS) is 33.8. The van der Waals surface area contributed by atoms with E-state index in [2.05, 4.69) is 16.0 Å². The van der Waals surface area contributed by atoms with E-state index in [9.17, 15) is 24.3 Å². The molecule has 46 heavy (non-hydrogen) atoms. The third-order valence-electron chi connectivity index (χ3n) is 7.69. The molecule has 0 aromatic rings. The van der Waals surface area contributed by atoms with E-state index in [1.165, 1.54) is 14.2 Å². The van der Waals surface area contributed by atoms with Crippen LogP contribution in [0.2, 0.25) is 0 Å². The molecule has 0 spiro atoms. The van der Waals surface area contributed by atoms with Crippen molar-refractivity contribution < 1.29 is 66.9 Å². The Labute approximate surface area is 267 Å². The fourth-order valence-corrected chi connectivity index (χ4v) is 6.05. The van der Waals surface area contributed by atoms with E-state index < -0.39 is 115 Å². The zero-order valence-electron chi connectivity index (χ0n) is 27.6. The van der Waals surface area contributed by atoms with Gasteiger partial charge in [-0.2, -0.15) is 0 Å². The number of alkyl carbamates (subject to hydrolysis) is 1. The fraction of sp³-hybridized carbons (Fsp3) is 0.862. The van der Waals surface area contributed by atoms with E-state index in [1.807, 2.05) is 0 Å². The molecule has 4 aliphatic heterocycles. The maximum Gasteiger partial charge on any atom is 0.407 e. The summed E-state index contributed by atoms with van der Waals surface area (Å²) >= 11 is 0. The molecule has 0 bridgehead atoms. The van der Waals surface area contributed by atoms with Gasteiger partial charge in [0.1, 0.15) is 42.2 Å². The Morgan fingerprint density at radius 1 is 0.761 bits per heavy atom. The molecule has 4 rings (SSSR count). The number of fused-ring (bicyclic) bond motifs is 2. The highest BCUT2D eigenvalue weighted by Crippen LogP contribution is 2.41. The summed E-state index contributed by atoms with van der Waals surface area (Å²) in [6.45, 7) is 11.5. The maximum absolute atomic E-state index is 13.1. The van der Waals surface area contributed by atoms with Crippen molar-refractivity contribution >= 4 is 23.9 Å². The molecule has 4 heterocycles. The van der Waals surface area contributed by atoms with Crippen LogP contribution in [-0.2, 0) is 57.0 Å². The summed E-state index contributed by atoms with van der Waals surface area (Å²) in [5.74, 6) is -4.33. The molecule has 0 saturated carbocycles. The molecule has 4 saturated heterocycles. The number of carboxylic acids is 1. The molecule has 4 aliphatic rings. The number of carbonyl (C=O) groups is 4. The Balaban J connectivity index is 1.39. The highest BCUT2D eigenvalue weighted by molar-refractivity contribution is 5.85. The van der Waals surface area contributed by atoms with Gasteiger partial charge < -0.3 is 63.7 Å². The van der Waals surface area contributed by atoms with Gasteiger partial charge in [0.05, 0.1) is 25.0 Å². The standard InChI is InChI=1S/C29H47N3O14/c1-27(2,3)46-26(37)32-13(18-20(38-8)22-24(40-18)44-28(4,5)42-22)10-15(33)30-12-16(34)31-14(11-17(35)36)19-21(39-9)23-25(41-19)45-29(6,7)43-23/h13-14,18-25H,10-12H2,1-9H3,(H,30,33)(H,31,34)(H,32,37)(H,35,36)/t13-,14-,18+,19+,20-,21-,22+,23+,24+,25+/m0/s1. The quantitative estimate of drug-likeness (QED) is 0.219. The van der Waals surface area contributed by atoms with Gasteiger partial charge in [-0.15, -0.1) is 0 Å². The highest BCUT2D eigenvalue weighted by atomic mass is 16.9. The van der Waals surface area contributed by atoms with Crippen molar-refractivity contribution in [1.82, 2.24) is 16.0 Å². The van der Waals surface area contributed by atoms with Gasteiger partial charge >= 0.3 is 12.1 Å². The largest absolute Gasteiger partial charge is 0.481 e. The third-order valence-corrected chi connectivity index (χ3v) is 7.69. The molecule has 262 valence electrons. The lowest BCUT2D eigenvalue weighted by Crippen LogP contribution is -2.54. The monoisotopic (exact) mass is 661 g/mol. The van der Waals surface area contributed by atoms with Crippen LogP contribution in [0.15, 0.2) is 0 Å². The van der Waals surface area contributed by atoms with E-state index in [0.717, 1.165) is 0 Å². The van der Waals surface area contributed by atoms with Gasteiger partial charge in [0.2, 0.25) is 11.8 Å². The molecule has 3 amide bonds. The van der Waals surface area contributed by atoms with E-state index in [-0.39, 0.29) is 6.42 Å². The number of methoxy groups -OCH3 is 2. The number of hydrogen-bond acceptors (Lipinski definition) is 13. The smallest absolute Gasteiger partial charge is 0.407 e. The molecule has 0 aromatic carbocycles. The SMILES string of the molecule is CO[C@@H]1[C@H]2OC(C)(C)O[C@H]2O[C@@H]1[C@H](CC(=O)O)NC(=O)CNC(=O)C[C@H](NC(=O)OC(C)(C)C)[C@H]1O[C@@H]2OC(C)(C)O[C@@H]2[C@H]1OC. The van der Waals surface area contributed by atoms with Crippen molar-refractivity contribution in [2.24, 2.45) is 0 Å². The summed E-state index contributed by atoms with van der Waals surface area (Å²) in [5.41, 5.74) is -0.816. The van der Waals surface area contributed by atoms with E-state index >= 15 is 0 Å². The average Bonchev–Trinajstić information content (AvgIpc) is 3.59. The Morgan fingerprint density at radius 3 is 1.67 bits per heavy atom. The number of aliphatic carboxylic acids is 1. The van der Waals surface area contributed by atoms with Gasteiger partial charge in [-0.25, -0.2) is 4.79 Å². The molecular weight excluding hydrogens is 614 g/mol. The minimum atomic E-state index is -1.19. The van der Waals surface area contributed by atoms with Crippen molar-refractivity contribution in [2.45, 2.75) is 140 Å². The molecule has 17 nitrogen and oxygen atoms in total. The molecule has 0 aromatic heterocycles. The number of carbonyl (C=O) groups excluding carboxylic acids is 3. The topological polar surface area (TPSA) is 208 Å². The van der Waals surface area contributed by atoms with Crippen molar-refractivity contribution in [3.05, 3.63) is 0 Å². The highest BCUT2D eigenvalue weighted by Gasteiger charge is 2.58. The Bertz CT molecular complexity index is 1140. The number of hydrogen-bond donors (Lipinski definition) is 4. The number of amides is 3. The van der Waals surface area contributed by atoms with Crippen molar-refractivity contribution in [3.8, 4) is 0 Å². The van der Waals surface area contributed by atoms with Crippen molar-refractivity contribution in [1.29, 1.82) is 0 Å². The lowest BCUT2D eigenvalue weighted by atomic mass is 10.00. The van der Waals surface area contributed by atoms with Crippen LogP contribution in [0.1, 0.15) is 61.3 Å². The Kier molecular flexibility index (Phi) is 10.9. The lowest BCUT2D eigenvalue weighted by molar-refractivity contribution is -0.220. The number of nitrogens with one attached hydrogen (secondary N) is 3. The first-order chi connectivity index (χ1) is 21.3. The van der Waals surface area contributed by atoms with Gasteiger partial charge in [-0.3, -0.25) is 14.4 Å². The zero-order chi connectivity index (χ0) is 34.2. The van der Waals surface area contributed by atoms with Gasteiger partial charge in [-0.1, -0.05) is 0 Å². The third kappa shape index (κ3) is 8.83. The van der Waals surface area contributed by atoms with E-state index in [1.54, 1.807) is 48.5 Å². The first-order valence-corrected chi connectivity index (χ1v) is 15.2. The van der Waals surface area contributed by atoms with Crippen LogP contribution in [0, 0.1) is 0 Å². The van der Waals surface area contributed by atoms with Crippen LogP contribution in [0.25, 0.3) is 0 Å². The number of rotatable bonds is 12. The molecule has 4 fully saturated rings. The second-order valence-corrected chi connectivity index (χ2v) is 13.5. The first-order valence-electron chi connectivity index (χ1n) is 15.2. The number of ether oxygens (including phenoxy) is 9. The minimum Gasteiger partial charge on any atom is -0.481 e.